The fraction of sp³-hybridized carbons (Fsp3) is 0. The summed E-state index contributed by atoms with van der Waals surface area (Å²) in [5.74, 6) is 0. The van der Waals surface area contributed by atoms with E-state index in [1.165, 1.54) is 0 Å². The smallest absolute Gasteiger partial charge is 0.309 e. The Balaban J connectivity index is 0. The summed E-state index contributed by atoms with van der Waals surface area (Å²) >= 11 is 0. The number of hydrogen-bond donors (Lipinski definition) is 3. The van der Waals surface area contributed by atoms with E-state index in [1.54, 1.807) is 0 Å². The van der Waals surface area contributed by atoms with E-state index >= 15 is 0 Å². The van der Waals surface area contributed by atoms with Crippen molar-refractivity contribution in [2.24, 2.45) is 11.5 Å². The van der Waals surface area contributed by atoms with E-state index in [9.17, 15) is 0 Å². The van der Waals surface area contributed by atoms with Gasteiger partial charge in [0, 0.05) is 0 Å². The molecule has 0 fully saturated rings. The summed E-state index contributed by atoms with van der Waals surface area (Å²) in [6.07, 6.45) is 0. The minimum absolute atomic E-state index is 0.250. The van der Waals surface area contributed by atoms with Crippen molar-refractivity contribution in [3.63, 3.8) is 0 Å². The summed E-state index contributed by atoms with van der Waals surface area (Å²) in [6, 6.07) is -0.833. The van der Waals surface area contributed by atoms with E-state index in [-0.39, 0.29) is 6.47 Å². The van der Waals surface area contributed by atoms with Crippen molar-refractivity contribution in [2.45, 2.75) is 0 Å². The van der Waals surface area contributed by atoms with Gasteiger partial charge < -0.3 is 16.6 Å². The SMILES string of the molecule is NC(N)=O.O=CO. The van der Waals surface area contributed by atoms with E-state index in [1.807, 2.05) is 0 Å². The van der Waals surface area contributed by atoms with Crippen LogP contribution >= 0.6 is 0 Å². The highest BCUT2D eigenvalue weighted by Crippen LogP contribution is 1.25. The van der Waals surface area contributed by atoms with E-state index in [2.05, 4.69) is 11.5 Å². The topological polar surface area (TPSA) is 106 Å². The number of hydrogen-bond acceptors (Lipinski definition) is 2. The second-order valence-corrected chi connectivity index (χ2v) is 0.508. The molecule has 0 aromatic rings. The summed E-state index contributed by atoms with van der Waals surface area (Å²) < 4.78 is 0. The molecule has 0 heterocycles. The molecule has 0 saturated carbocycles. The summed E-state index contributed by atoms with van der Waals surface area (Å²) in [4.78, 5) is 17.4. The molecule has 7 heavy (non-hydrogen) atoms. The van der Waals surface area contributed by atoms with E-state index < -0.39 is 6.03 Å². The minimum atomic E-state index is -0.833. The molecule has 0 bridgehead atoms. The van der Waals surface area contributed by atoms with Crippen LogP contribution in [-0.4, -0.2) is 17.6 Å². The molecule has 5 heteroatoms. The van der Waals surface area contributed by atoms with Gasteiger partial charge in [0.25, 0.3) is 6.47 Å². The van der Waals surface area contributed by atoms with E-state index in [0.717, 1.165) is 0 Å². The van der Waals surface area contributed by atoms with Crippen molar-refractivity contribution in [2.75, 3.05) is 0 Å². The molecule has 0 rings (SSSR count). The van der Waals surface area contributed by atoms with Crippen LogP contribution in [0.15, 0.2) is 0 Å². The van der Waals surface area contributed by atoms with Gasteiger partial charge in [-0.25, -0.2) is 4.79 Å². The van der Waals surface area contributed by atoms with Gasteiger partial charge in [0.2, 0.25) is 0 Å². The quantitative estimate of drug-likeness (QED) is 0.335. The Morgan fingerprint density at radius 2 is 1.57 bits per heavy atom. The van der Waals surface area contributed by atoms with E-state index in [4.69, 9.17) is 14.7 Å². The van der Waals surface area contributed by atoms with Crippen molar-refractivity contribution < 1.29 is 14.7 Å². The van der Waals surface area contributed by atoms with Crippen LogP contribution in [0.5, 0.6) is 0 Å². The lowest BCUT2D eigenvalue weighted by atomic mass is 11.2. The molecule has 0 saturated heterocycles. The molecule has 0 spiro atoms. The monoisotopic (exact) mass is 106 g/mol. The van der Waals surface area contributed by atoms with Crippen molar-refractivity contribution in [3.05, 3.63) is 0 Å². The number of carbonyl (C=O) groups excluding carboxylic acids is 1. The molecular formula is C2H6N2O3. The molecule has 0 atom stereocenters. The molecule has 0 radical (unpaired) electrons. The summed E-state index contributed by atoms with van der Waals surface area (Å²) in [5, 5.41) is 6.89. The first-order valence-corrected chi connectivity index (χ1v) is 1.28. The van der Waals surface area contributed by atoms with Crippen molar-refractivity contribution in [1.82, 2.24) is 0 Å². The molecule has 5 nitrogen and oxygen atoms in total. The Labute approximate surface area is 39.9 Å². The van der Waals surface area contributed by atoms with Crippen LogP contribution in [0.1, 0.15) is 0 Å². The number of carboxylic acid groups (broad SMARTS) is 1. The number of urea groups is 1. The normalized spacial score (nSPS) is 5.14. The molecular weight excluding hydrogens is 100 g/mol. The van der Waals surface area contributed by atoms with Crippen LogP contribution in [0, 0.1) is 0 Å². The first-order valence-electron chi connectivity index (χ1n) is 1.28. The van der Waals surface area contributed by atoms with Crippen molar-refractivity contribution in [1.29, 1.82) is 0 Å². The number of carbonyl (C=O) groups is 2. The zero-order valence-electron chi connectivity index (χ0n) is 3.50. The molecule has 0 aliphatic rings. The molecule has 0 aliphatic heterocycles. The zero-order valence-corrected chi connectivity index (χ0v) is 3.50. The van der Waals surface area contributed by atoms with Crippen LogP contribution in [0.25, 0.3) is 0 Å². The first kappa shape index (κ1) is 9.22. The summed E-state index contributed by atoms with van der Waals surface area (Å²) in [5.41, 5.74) is 8.50. The Morgan fingerprint density at radius 3 is 1.57 bits per heavy atom. The molecule has 5 N–H and O–H groups in total. The standard InChI is InChI=1S/CH4N2O.CH2O2/c2-1(3)4;2-1-3/h(H4,2,3,4);1H,(H,2,3). The van der Waals surface area contributed by atoms with Crippen molar-refractivity contribution in [3.8, 4) is 0 Å². The van der Waals surface area contributed by atoms with Crippen LogP contribution in [0.3, 0.4) is 0 Å². The first-order chi connectivity index (χ1) is 3.15. The predicted octanol–water partition coefficient (Wildman–Crippen LogP) is -1.28. The lowest BCUT2D eigenvalue weighted by Crippen LogP contribution is -2.18. The highest BCUT2D eigenvalue weighted by Gasteiger charge is 1.60. The van der Waals surface area contributed by atoms with E-state index in [0.29, 0.717) is 0 Å². The average Bonchev–Trinajstić information content (AvgIpc) is 1.33. The number of amides is 2. The zero-order chi connectivity index (χ0) is 6.28. The fourth-order valence-electron chi connectivity index (χ4n) is 0. The molecule has 42 valence electrons. The minimum Gasteiger partial charge on any atom is -0.483 e. The van der Waals surface area contributed by atoms with Gasteiger partial charge in [0.05, 0.1) is 0 Å². The van der Waals surface area contributed by atoms with Gasteiger partial charge in [-0.05, 0) is 0 Å². The van der Waals surface area contributed by atoms with Crippen LogP contribution < -0.4 is 11.5 Å². The number of primary amides is 2. The summed E-state index contributed by atoms with van der Waals surface area (Å²) in [7, 11) is 0. The Kier molecular flexibility index (Phi) is 11.6. The lowest BCUT2D eigenvalue weighted by molar-refractivity contribution is -0.122. The molecule has 0 aromatic heterocycles. The third-order valence-electron chi connectivity index (χ3n) is 0. The summed E-state index contributed by atoms with van der Waals surface area (Å²) in [6.45, 7) is -0.250. The van der Waals surface area contributed by atoms with Gasteiger partial charge in [-0.1, -0.05) is 0 Å². The maximum Gasteiger partial charge on any atom is 0.309 e. The molecule has 0 unspecified atom stereocenters. The predicted molar refractivity (Wildman–Crippen MR) is 22.5 cm³/mol. The second kappa shape index (κ2) is 8.83. The van der Waals surface area contributed by atoms with Gasteiger partial charge >= 0.3 is 6.03 Å². The number of rotatable bonds is 0. The third kappa shape index (κ3) is 22.4. The lowest BCUT2D eigenvalue weighted by Gasteiger charge is -1.62. The Morgan fingerprint density at radius 1 is 1.57 bits per heavy atom. The molecule has 0 aromatic carbocycles. The van der Waals surface area contributed by atoms with Gasteiger partial charge in [-0.15, -0.1) is 0 Å². The fourth-order valence-corrected chi connectivity index (χ4v) is 0. The van der Waals surface area contributed by atoms with Gasteiger partial charge in [-0.2, -0.15) is 0 Å². The third-order valence-corrected chi connectivity index (χ3v) is 0. The van der Waals surface area contributed by atoms with Crippen LogP contribution in [0.2, 0.25) is 0 Å². The van der Waals surface area contributed by atoms with Crippen LogP contribution in [-0.2, 0) is 4.79 Å². The second-order valence-electron chi connectivity index (χ2n) is 0.508. The van der Waals surface area contributed by atoms with Crippen LogP contribution in [0.4, 0.5) is 4.79 Å². The molecule has 0 aliphatic carbocycles. The Bertz CT molecular complexity index is 58.0. The number of nitrogens with two attached hydrogens (primary N) is 2. The van der Waals surface area contributed by atoms with Gasteiger partial charge in [-0.3, -0.25) is 4.79 Å². The Hall–Kier alpha value is -1.26. The average molecular weight is 106 g/mol. The maximum absolute atomic E-state index is 9.00. The maximum atomic E-state index is 9.00. The highest BCUT2D eigenvalue weighted by molar-refractivity contribution is 5.69. The largest absolute Gasteiger partial charge is 0.483 e. The highest BCUT2D eigenvalue weighted by atomic mass is 16.3. The van der Waals surface area contributed by atoms with Crippen molar-refractivity contribution >= 4 is 12.5 Å². The van der Waals surface area contributed by atoms with Gasteiger partial charge in [0.15, 0.2) is 0 Å². The molecule has 2 amide bonds. The van der Waals surface area contributed by atoms with Gasteiger partial charge in [0.1, 0.15) is 0 Å².